The highest BCUT2D eigenvalue weighted by molar-refractivity contribution is 5.88. The van der Waals surface area contributed by atoms with Gasteiger partial charge in [-0.05, 0) is 25.0 Å². The molecule has 2 aromatic rings. The SMILES string of the molecule is CNC(=O)C1CCCN1c1nc2c(N)cccc2o1. The molecular weight excluding hydrogens is 244 g/mol. The van der Waals surface area contributed by atoms with Gasteiger partial charge in [-0.2, -0.15) is 4.98 Å². The first-order chi connectivity index (χ1) is 9.20. The number of hydrogen-bond acceptors (Lipinski definition) is 5. The van der Waals surface area contributed by atoms with E-state index in [9.17, 15) is 4.79 Å². The average Bonchev–Trinajstić information content (AvgIpc) is 3.04. The van der Waals surface area contributed by atoms with Gasteiger partial charge in [-0.25, -0.2) is 0 Å². The highest BCUT2D eigenvalue weighted by Gasteiger charge is 2.33. The van der Waals surface area contributed by atoms with E-state index < -0.39 is 0 Å². The molecule has 1 atom stereocenters. The average molecular weight is 260 g/mol. The summed E-state index contributed by atoms with van der Waals surface area (Å²) in [4.78, 5) is 18.1. The van der Waals surface area contributed by atoms with Gasteiger partial charge in [0.1, 0.15) is 11.6 Å². The van der Waals surface area contributed by atoms with Crippen LogP contribution in [0.15, 0.2) is 22.6 Å². The maximum Gasteiger partial charge on any atom is 0.299 e. The second-order valence-electron chi connectivity index (χ2n) is 4.66. The molecule has 1 aliphatic heterocycles. The Hall–Kier alpha value is -2.24. The molecule has 1 aromatic heterocycles. The summed E-state index contributed by atoms with van der Waals surface area (Å²) in [6.07, 6.45) is 1.76. The summed E-state index contributed by atoms with van der Waals surface area (Å²) in [6, 6.07) is 5.70. The predicted octanol–water partition coefficient (Wildman–Crippen LogP) is 1.12. The van der Waals surface area contributed by atoms with Gasteiger partial charge < -0.3 is 20.4 Å². The van der Waals surface area contributed by atoms with Crippen molar-refractivity contribution in [2.24, 2.45) is 0 Å². The number of rotatable bonds is 2. The molecule has 0 bridgehead atoms. The number of carbonyl (C=O) groups is 1. The normalized spacial score (nSPS) is 19.0. The highest BCUT2D eigenvalue weighted by atomic mass is 16.4. The van der Waals surface area contributed by atoms with Crippen LogP contribution in [-0.2, 0) is 4.79 Å². The number of hydrogen-bond donors (Lipinski definition) is 2. The van der Waals surface area contributed by atoms with Gasteiger partial charge in [0.25, 0.3) is 6.01 Å². The van der Waals surface area contributed by atoms with Gasteiger partial charge in [0.05, 0.1) is 5.69 Å². The standard InChI is InChI=1S/C13H16N4O2/c1-15-12(18)9-5-3-7-17(9)13-16-11-8(14)4-2-6-10(11)19-13/h2,4,6,9H,3,5,7,14H2,1H3,(H,15,18). The summed E-state index contributed by atoms with van der Waals surface area (Å²) in [6.45, 7) is 0.769. The minimum atomic E-state index is -0.209. The Labute approximate surface area is 110 Å². The second kappa shape index (κ2) is 4.46. The van der Waals surface area contributed by atoms with Crippen LogP contribution in [-0.4, -0.2) is 30.5 Å². The third-order valence-corrected chi connectivity index (χ3v) is 3.49. The number of carbonyl (C=O) groups excluding carboxylic acids is 1. The molecule has 0 saturated carbocycles. The number of fused-ring (bicyclic) bond motifs is 1. The van der Waals surface area contributed by atoms with Crippen LogP contribution in [0.5, 0.6) is 0 Å². The number of para-hydroxylation sites is 1. The maximum atomic E-state index is 11.8. The number of anilines is 2. The molecule has 1 aliphatic rings. The molecule has 100 valence electrons. The predicted molar refractivity (Wildman–Crippen MR) is 72.9 cm³/mol. The fraction of sp³-hybridized carbons (Fsp3) is 0.385. The Kier molecular flexibility index (Phi) is 2.77. The van der Waals surface area contributed by atoms with E-state index in [-0.39, 0.29) is 11.9 Å². The molecule has 1 saturated heterocycles. The van der Waals surface area contributed by atoms with E-state index in [1.165, 1.54) is 0 Å². The molecule has 1 amide bonds. The Morgan fingerprint density at radius 1 is 1.58 bits per heavy atom. The molecule has 1 aromatic carbocycles. The molecular formula is C13H16N4O2. The van der Waals surface area contributed by atoms with Crippen LogP contribution >= 0.6 is 0 Å². The molecule has 0 spiro atoms. The van der Waals surface area contributed by atoms with Gasteiger partial charge >= 0.3 is 0 Å². The zero-order valence-corrected chi connectivity index (χ0v) is 10.7. The van der Waals surface area contributed by atoms with Crippen LogP contribution in [0.3, 0.4) is 0 Å². The van der Waals surface area contributed by atoms with Crippen molar-refractivity contribution in [1.82, 2.24) is 10.3 Å². The molecule has 6 nitrogen and oxygen atoms in total. The topological polar surface area (TPSA) is 84.4 Å². The lowest BCUT2D eigenvalue weighted by Crippen LogP contribution is -2.42. The lowest BCUT2D eigenvalue weighted by atomic mass is 10.2. The van der Waals surface area contributed by atoms with Crippen LogP contribution < -0.4 is 16.0 Å². The molecule has 3 rings (SSSR count). The quantitative estimate of drug-likeness (QED) is 0.791. The summed E-state index contributed by atoms with van der Waals surface area (Å²) >= 11 is 0. The lowest BCUT2D eigenvalue weighted by molar-refractivity contribution is -0.121. The Balaban J connectivity index is 1.99. The van der Waals surface area contributed by atoms with Gasteiger partial charge in [0.2, 0.25) is 5.91 Å². The van der Waals surface area contributed by atoms with E-state index in [0.717, 1.165) is 19.4 Å². The van der Waals surface area contributed by atoms with Crippen LogP contribution in [0.25, 0.3) is 11.1 Å². The monoisotopic (exact) mass is 260 g/mol. The van der Waals surface area contributed by atoms with E-state index >= 15 is 0 Å². The maximum absolute atomic E-state index is 11.8. The highest BCUT2D eigenvalue weighted by Crippen LogP contribution is 2.30. The van der Waals surface area contributed by atoms with Gasteiger partial charge in [0, 0.05) is 13.6 Å². The van der Waals surface area contributed by atoms with Crippen molar-refractivity contribution in [2.45, 2.75) is 18.9 Å². The zero-order chi connectivity index (χ0) is 13.4. The Morgan fingerprint density at radius 3 is 3.16 bits per heavy atom. The minimum absolute atomic E-state index is 0.00673. The minimum Gasteiger partial charge on any atom is -0.423 e. The third kappa shape index (κ3) is 1.89. The molecule has 3 N–H and O–H groups in total. The van der Waals surface area contributed by atoms with Gasteiger partial charge in [0.15, 0.2) is 5.58 Å². The fourth-order valence-electron chi connectivity index (χ4n) is 2.52. The molecule has 1 unspecified atom stereocenters. The van der Waals surface area contributed by atoms with Crippen molar-refractivity contribution in [3.8, 4) is 0 Å². The largest absolute Gasteiger partial charge is 0.423 e. The van der Waals surface area contributed by atoms with Crippen molar-refractivity contribution in [3.05, 3.63) is 18.2 Å². The Bertz CT molecular complexity index is 622. The third-order valence-electron chi connectivity index (χ3n) is 3.49. The molecule has 0 radical (unpaired) electrons. The molecule has 6 heteroatoms. The molecule has 1 fully saturated rings. The smallest absolute Gasteiger partial charge is 0.299 e. The first kappa shape index (κ1) is 11.8. The first-order valence-electron chi connectivity index (χ1n) is 6.34. The lowest BCUT2D eigenvalue weighted by Gasteiger charge is -2.20. The van der Waals surface area contributed by atoms with Crippen molar-refractivity contribution >= 4 is 28.7 Å². The van der Waals surface area contributed by atoms with Crippen molar-refractivity contribution in [3.63, 3.8) is 0 Å². The molecule has 19 heavy (non-hydrogen) atoms. The van der Waals surface area contributed by atoms with E-state index in [1.807, 2.05) is 17.0 Å². The molecule has 0 aliphatic carbocycles. The number of benzene rings is 1. The van der Waals surface area contributed by atoms with Crippen molar-refractivity contribution < 1.29 is 9.21 Å². The van der Waals surface area contributed by atoms with Gasteiger partial charge in [-0.3, -0.25) is 4.79 Å². The number of nitrogens with zero attached hydrogens (tertiary/aromatic N) is 2. The van der Waals surface area contributed by atoms with E-state index in [4.69, 9.17) is 10.2 Å². The van der Waals surface area contributed by atoms with E-state index in [1.54, 1.807) is 13.1 Å². The van der Waals surface area contributed by atoms with Crippen molar-refractivity contribution in [1.29, 1.82) is 0 Å². The second-order valence-corrected chi connectivity index (χ2v) is 4.66. The summed E-state index contributed by atoms with van der Waals surface area (Å²) in [7, 11) is 1.64. The van der Waals surface area contributed by atoms with Gasteiger partial charge in [-0.15, -0.1) is 0 Å². The number of oxazole rings is 1. The number of nitrogens with two attached hydrogens (primary N) is 1. The molecule has 2 heterocycles. The number of aromatic nitrogens is 1. The fourth-order valence-corrected chi connectivity index (χ4v) is 2.52. The summed E-state index contributed by atoms with van der Waals surface area (Å²) in [5.74, 6) is -0.00673. The van der Waals surface area contributed by atoms with Crippen LogP contribution in [0.2, 0.25) is 0 Å². The number of nitrogens with one attached hydrogen (secondary N) is 1. The van der Waals surface area contributed by atoms with Crippen molar-refractivity contribution in [2.75, 3.05) is 24.2 Å². The zero-order valence-electron chi connectivity index (χ0n) is 10.7. The number of likely N-dealkylation sites (N-methyl/N-ethyl adjacent to an activating group) is 1. The summed E-state index contributed by atoms with van der Waals surface area (Å²) in [5.41, 5.74) is 7.76. The van der Waals surface area contributed by atoms with E-state index in [0.29, 0.717) is 22.8 Å². The first-order valence-corrected chi connectivity index (χ1v) is 6.34. The Morgan fingerprint density at radius 2 is 2.42 bits per heavy atom. The van der Waals surface area contributed by atoms with Crippen LogP contribution in [0, 0.1) is 0 Å². The van der Waals surface area contributed by atoms with Gasteiger partial charge in [-0.1, -0.05) is 6.07 Å². The van der Waals surface area contributed by atoms with Crippen LogP contribution in [0.1, 0.15) is 12.8 Å². The summed E-state index contributed by atoms with van der Waals surface area (Å²) in [5, 5.41) is 2.68. The number of amides is 1. The van der Waals surface area contributed by atoms with Crippen LogP contribution in [0.4, 0.5) is 11.7 Å². The summed E-state index contributed by atoms with van der Waals surface area (Å²) < 4.78 is 5.71. The number of nitrogen functional groups attached to an aromatic ring is 1. The van der Waals surface area contributed by atoms with E-state index in [2.05, 4.69) is 10.3 Å².